The van der Waals surface area contributed by atoms with E-state index in [-0.39, 0.29) is 0 Å². The fourth-order valence-corrected chi connectivity index (χ4v) is 2.49. The highest BCUT2D eigenvalue weighted by Crippen LogP contribution is 2.27. The Kier molecular flexibility index (Phi) is 8.39. The van der Waals surface area contributed by atoms with Crippen LogP contribution in [-0.4, -0.2) is 38.6 Å². The first-order chi connectivity index (χ1) is 13.5. The van der Waals surface area contributed by atoms with Crippen LogP contribution in [0.3, 0.4) is 0 Å². The van der Waals surface area contributed by atoms with E-state index < -0.39 is 0 Å². The Morgan fingerprint density at radius 3 is 2.43 bits per heavy atom. The summed E-state index contributed by atoms with van der Waals surface area (Å²) in [5.41, 5.74) is 13.5. The molecular formula is C22H28N2O4. The van der Waals surface area contributed by atoms with Crippen LogP contribution in [0.4, 0.5) is 11.4 Å². The number of fused-ring (bicyclic) bond motifs is 1. The average Bonchev–Trinajstić information content (AvgIpc) is 2.71. The van der Waals surface area contributed by atoms with Gasteiger partial charge in [0.05, 0.1) is 25.5 Å². The molecule has 0 saturated heterocycles. The van der Waals surface area contributed by atoms with Crippen LogP contribution in [0.5, 0.6) is 11.5 Å². The molecule has 0 saturated carbocycles. The number of methoxy groups -OCH3 is 1. The van der Waals surface area contributed by atoms with Gasteiger partial charge < -0.3 is 30.8 Å². The van der Waals surface area contributed by atoms with E-state index in [1.54, 1.807) is 25.3 Å². The zero-order chi connectivity index (χ0) is 20.4. The molecule has 28 heavy (non-hydrogen) atoms. The van der Waals surface area contributed by atoms with Crippen LogP contribution in [0, 0.1) is 6.92 Å². The number of ether oxygens (including phenoxy) is 3. The normalized spacial score (nSPS) is 10.4. The lowest BCUT2D eigenvalue weighted by atomic mass is 10.1. The van der Waals surface area contributed by atoms with Crippen molar-refractivity contribution >= 4 is 22.1 Å². The molecule has 0 aliphatic carbocycles. The predicted octanol–water partition coefficient (Wildman–Crippen LogP) is 3.75. The molecule has 3 rings (SSSR count). The third kappa shape index (κ3) is 6.33. The van der Waals surface area contributed by atoms with Crippen molar-refractivity contribution in [3.8, 4) is 11.5 Å². The van der Waals surface area contributed by atoms with Crippen molar-refractivity contribution in [1.29, 1.82) is 0 Å². The average molecular weight is 384 g/mol. The number of aryl methyl sites for hydroxylation is 1. The van der Waals surface area contributed by atoms with Crippen LogP contribution in [0.1, 0.15) is 5.56 Å². The summed E-state index contributed by atoms with van der Waals surface area (Å²) >= 11 is 0. The van der Waals surface area contributed by atoms with Crippen LogP contribution < -0.4 is 16.2 Å². The van der Waals surface area contributed by atoms with Gasteiger partial charge in [0.2, 0.25) is 0 Å². The van der Waals surface area contributed by atoms with E-state index in [1.165, 1.54) is 0 Å². The molecule has 0 amide bonds. The Morgan fingerprint density at radius 1 is 0.893 bits per heavy atom. The summed E-state index contributed by atoms with van der Waals surface area (Å²) in [5, 5.41) is 11.7. The number of nitrogens with two attached hydrogens (primary N) is 2. The maximum Gasteiger partial charge on any atom is 0.144 e. The van der Waals surface area contributed by atoms with Crippen molar-refractivity contribution in [1.82, 2.24) is 0 Å². The highest BCUT2D eigenvalue weighted by atomic mass is 16.5. The van der Waals surface area contributed by atoms with Gasteiger partial charge in [0.25, 0.3) is 0 Å². The molecule has 0 spiro atoms. The molecule has 0 fully saturated rings. The first-order valence-electron chi connectivity index (χ1n) is 9.04. The van der Waals surface area contributed by atoms with Gasteiger partial charge in [-0.1, -0.05) is 36.4 Å². The van der Waals surface area contributed by atoms with Gasteiger partial charge >= 0.3 is 0 Å². The number of rotatable bonds is 7. The van der Waals surface area contributed by atoms with Gasteiger partial charge in [-0.2, -0.15) is 0 Å². The predicted molar refractivity (Wildman–Crippen MR) is 114 cm³/mol. The van der Waals surface area contributed by atoms with Crippen molar-refractivity contribution in [2.45, 2.75) is 6.92 Å². The van der Waals surface area contributed by atoms with E-state index in [0.29, 0.717) is 49.3 Å². The number of anilines is 2. The summed E-state index contributed by atoms with van der Waals surface area (Å²) in [6.07, 6.45) is 0. The number of hydrogen-bond acceptors (Lipinski definition) is 6. The Labute approximate surface area is 165 Å². The number of benzene rings is 3. The second kappa shape index (κ2) is 11.0. The zero-order valence-electron chi connectivity index (χ0n) is 16.4. The van der Waals surface area contributed by atoms with E-state index in [2.05, 4.69) is 0 Å². The first-order valence-corrected chi connectivity index (χ1v) is 9.04. The molecule has 150 valence electrons. The van der Waals surface area contributed by atoms with Crippen LogP contribution in [-0.2, 0) is 9.47 Å². The van der Waals surface area contributed by atoms with E-state index >= 15 is 0 Å². The molecule has 0 radical (unpaired) electrons. The molecule has 5 N–H and O–H groups in total. The summed E-state index contributed by atoms with van der Waals surface area (Å²) < 4.78 is 15.5. The number of phenols is 1. The first kappa shape index (κ1) is 21.3. The smallest absolute Gasteiger partial charge is 0.144 e. The highest BCUT2D eigenvalue weighted by molar-refractivity contribution is 5.89. The molecule has 6 nitrogen and oxygen atoms in total. The van der Waals surface area contributed by atoms with E-state index in [1.807, 2.05) is 43.3 Å². The third-order valence-corrected chi connectivity index (χ3v) is 4.06. The molecule has 3 aromatic rings. The number of hydrogen-bond donors (Lipinski definition) is 3. The molecule has 6 heteroatoms. The standard InChI is InChI=1S/C11H18N2O3.C11H10O/c1-14-4-5-15-6-7-16-11-8-9(12)2-3-10(11)13;1-8-6-7-9-4-2-3-5-10(9)11(8)12/h2-3,8H,4-7,12-13H2,1H3;2-7,12H,1H3. The van der Waals surface area contributed by atoms with Gasteiger partial charge in [0.1, 0.15) is 18.1 Å². The minimum absolute atomic E-state index is 0.396. The van der Waals surface area contributed by atoms with Gasteiger partial charge in [-0.25, -0.2) is 0 Å². The van der Waals surface area contributed by atoms with Crippen LogP contribution in [0.15, 0.2) is 54.6 Å². The summed E-state index contributed by atoms with van der Waals surface area (Å²) in [6, 6.07) is 16.9. The minimum Gasteiger partial charge on any atom is -0.507 e. The zero-order valence-corrected chi connectivity index (χ0v) is 16.4. The quantitative estimate of drug-likeness (QED) is 0.424. The molecule has 0 aliphatic heterocycles. The van der Waals surface area contributed by atoms with E-state index in [9.17, 15) is 5.11 Å². The molecule has 0 aliphatic rings. The molecule has 0 unspecified atom stereocenters. The van der Waals surface area contributed by atoms with Gasteiger partial charge in [-0.15, -0.1) is 0 Å². The van der Waals surface area contributed by atoms with Gasteiger partial charge in [-0.05, 0) is 30.0 Å². The van der Waals surface area contributed by atoms with Crippen LogP contribution in [0.2, 0.25) is 0 Å². The van der Waals surface area contributed by atoms with Crippen molar-refractivity contribution in [2.24, 2.45) is 0 Å². The molecule has 0 aromatic heterocycles. The summed E-state index contributed by atoms with van der Waals surface area (Å²) in [5.74, 6) is 0.989. The van der Waals surface area contributed by atoms with E-state index in [4.69, 9.17) is 25.7 Å². The maximum absolute atomic E-state index is 9.66. The summed E-state index contributed by atoms with van der Waals surface area (Å²) in [6.45, 7) is 3.99. The molecule has 0 heterocycles. The lowest BCUT2D eigenvalue weighted by molar-refractivity contribution is 0.0545. The van der Waals surface area contributed by atoms with Crippen molar-refractivity contribution in [3.05, 3.63) is 60.2 Å². The fraction of sp³-hybridized carbons (Fsp3) is 0.273. The minimum atomic E-state index is 0.396. The second-order valence-corrected chi connectivity index (χ2v) is 6.20. The van der Waals surface area contributed by atoms with Gasteiger partial charge in [-0.3, -0.25) is 0 Å². The van der Waals surface area contributed by atoms with Gasteiger partial charge in [0, 0.05) is 24.2 Å². The third-order valence-electron chi connectivity index (χ3n) is 4.06. The lowest BCUT2D eigenvalue weighted by Gasteiger charge is -2.09. The Hall–Kier alpha value is -2.96. The Bertz CT molecular complexity index is 884. The Balaban J connectivity index is 0.000000207. The summed E-state index contributed by atoms with van der Waals surface area (Å²) in [7, 11) is 1.63. The topological polar surface area (TPSA) is 100.0 Å². The summed E-state index contributed by atoms with van der Waals surface area (Å²) in [4.78, 5) is 0. The SMILES string of the molecule is COCCOCCOc1cc(N)ccc1N.Cc1ccc2ccccc2c1O. The fourth-order valence-electron chi connectivity index (χ4n) is 2.49. The molecular weight excluding hydrogens is 356 g/mol. The number of nitrogen functional groups attached to an aromatic ring is 2. The van der Waals surface area contributed by atoms with Crippen molar-refractivity contribution < 1.29 is 19.3 Å². The molecule has 3 aromatic carbocycles. The highest BCUT2D eigenvalue weighted by Gasteiger charge is 2.01. The second-order valence-electron chi connectivity index (χ2n) is 6.20. The molecule has 0 bridgehead atoms. The molecule has 0 atom stereocenters. The van der Waals surface area contributed by atoms with Crippen LogP contribution >= 0.6 is 0 Å². The van der Waals surface area contributed by atoms with Gasteiger partial charge in [0.15, 0.2) is 0 Å². The largest absolute Gasteiger partial charge is 0.507 e. The maximum atomic E-state index is 9.66. The van der Waals surface area contributed by atoms with E-state index in [0.717, 1.165) is 16.3 Å². The Morgan fingerprint density at radius 2 is 1.64 bits per heavy atom. The van der Waals surface area contributed by atoms with Crippen molar-refractivity contribution in [2.75, 3.05) is 45.0 Å². The lowest BCUT2D eigenvalue weighted by Crippen LogP contribution is -2.10. The van der Waals surface area contributed by atoms with Crippen LogP contribution in [0.25, 0.3) is 10.8 Å². The number of phenolic OH excluding ortho intramolecular Hbond substituents is 1. The number of aromatic hydroxyl groups is 1. The van der Waals surface area contributed by atoms with Crippen molar-refractivity contribution in [3.63, 3.8) is 0 Å². The monoisotopic (exact) mass is 384 g/mol.